The van der Waals surface area contributed by atoms with E-state index in [1.807, 2.05) is 24.3 Å². The minimum atomic E-state index is -0.240. The number of H-pyrrole nitrogens is 1. The molecule has 6 nitrogen and oxygen atoms in total. The van der Waals surface area contributed by atoms with E-state index >= 15 is 0 Å². The highest BCUT2D eigenvalue weighted by atomic mass is 35.5. The van der Waals surface area contributed by atoms with E-state index in [1.54, 1.807) is 0 Å². The molecule has 1 fully saturated rings. The first-order chi connectivity index (χ1) is 10.7. The van der Waals surface area contributed by atoms with Crippen molar-refractivity contribution < 1.29 is 4.79 Å². The van der Waals surface area contributed by atoms with E-state index in [0.717, 1.165) is 23.7 Å². The van der Waals surface area contributed by atoms with E-state index in [9.17, 15) is 4.79 Å². The Kier molecular flexibility index (Phi) is 4.70. The summed E-state index contributed by atoms with van der Waals surface area (Å²) in [7, 11) is 0. The molecule has 1 aliphatic heterocycles. The summed E-state index contributed by atoms with van der Waals surface area (Å²) in [5, 5.41) is 9.91. The van der Waals surface area contributed by atoms with Gasteiger partial charge in [-0.25, -0.2) is 4.98 Å². The zero-order valence-electron chi connectivity index (χ0n) is 12.1. The van der Waals surface area contributed by atoms with Crippen molar-refractivity contribution in [2.24, 2.45) is 0 Å². The summed E-state index contributed by atoms with van der Waals surface area (Å²) in [6.07, 6.45) is 3.71. The van der Waals surface area contributed by atoms with Crippen molar-refractivity contribution in [2.75, 3.05) is 19.6 Å². The Morgan fingerprint density at radius 1 is 1.32 bits per heavy atom. The molecule has 1 atom stereocenters. The summed E-state index contributed by atoms with van der Waals surface area (Å²) in [6, 6.07) is 7.96. The van der Waals surface area contributed by atoms with Crippen molar-refractivity contribution in [1.29, 1.82) is 0 Å². The molecule has 7 heteroatoms. The van der Waals surface area contributed by atoms with Gasteiger partial charge in [0, 0.05) is 11.6 Å². The van der Waals surface area contributed by atoms with Crippen molar-refractivity contribution in [3.05, 3.63) is 47.0 Å². The molecular formula is C15H18ClN5O. The van der Waals surface area contributed by atoms with Crippen LogP contribution in [0.5, 0.6) is 0 Å². The molecule has 1 aliphatic rings. The van der Waals surface area contributed by atoms with Crippen molar-refractivity contribution in [2.45, 2.75) is 18.9 Å². The van der Waals surface area contributed by atoms with Crippen LogP contribution in [0, 0.1) is 0 Å². The lowest BCUT2D eigenvalue weighted by Gasteiger charge is -2.28. The fourth-order valence-electron chi connectivity index (χ4n) is 2.78. The summed E-state index contributed by atoms with van der Waals surface area (Å²) in [5.41, 5.74) is 1.16. The van der Waals surface area contributed by atoms with Crippen LogP contribution in [-0.4, -0.2) is 45.6 Å². The molecule has 0 unspecified atom stereocenters. The topological polar surface area (TPSA) is 73.9 Å². The Labute approximate surface area is 133 Å². The minimum absolute atomic E-state index is 0.145. The normalized spacial score (nSPS) is 16.6. The van der Waals surface area contributed by atoms with Gasteiger partial charge in [-0.05, 0) is 43.6 Å². The van der Waals surface area contributed by atoms with Crippen LogP contribution in [0.15, 0.2) is 30.6 Å². The molecule has 1 saturated heterocycles. The highest BCUT2D eigenvalue weighted by Crippen LogP contribution is 2.25. The van der Waals surface area contributed by atoms with Gasteiger partial charge in [0.15, 0.2) is 0 Å². The Hall–Kier alpha value is -1.92. The molecular weight excluding hydrogens is 302 g/mol. The highest BCUT2D eigenvalue weighted by molar-refractivity contribution is 6.30. The van der Waals surface area contributed by atoms with Gasteiger partial charge in [-0.2, -0.15) is 5.10 Å². The van der Waals surface area contributed by atoms with E-state index < -0.39 is 0 Å². The first-order valence-corrected chi connectivity index (χ1v) is 7.75. The van der Waals surface area contributed by atoms with Crippen molar-refractivity contribution in [1.82, 2.24) is 25.4 Å². The molecule has 116 valence electrons. The van der Waals surface area contributed by atoms with E-state index in [0.29, 0.717) is 6.54 Å². The lowest BCUT2D eigenvalue weighted by molar-refractivity contribution is 0.0928. The van der Waals surface area contributed by atoms with Crippen LogP contribution >= 0.6 is 11.6 Å². The van der Waals surface area contributed by atoms with E-state index in [1.165, 1.54) is 19.2 Å². The average molecular weight is 320 g/mol. The number of carbonyl (C=O) groups is 1. The maximum atomic E-state index is 12.0. The van der Waals surface area contributed by atoms with Gasteiger partial charge in [0.25, 0.3) is 5.91 Å². The summed E-state index contributed by atoms with van der Waals surface area (Å²) in [5.74, 6) is -0.00746. The smallest absolute Gasteiger partial charge is 0.288 e. The number of aromatic amines is 1. The van der Waals surface area contributed by atoms with E-state index in [-0.39, 0.29) is 17.8 Å². The summed E-state index contributed by atoms with van der Waals surface area (Å²) in [6.45, 7) is 2.62. The van der Waals surface area contributed by atoms with Gasteiger partial charge in [-0.1, -0.05) is 23.7 Å². The molecule has 0 bridgehead atoms. The van der Waals surface area contributed by atoms with Crippen molar-refractivity contribution in [3.8, 4) is 0 Å². The first kappa shape index (κ1) is 15.0. The zero-order valence-corrected chi connectivity index (χ0v) is 12.9. The monoisotopic (exact) mass is 319 g/mol. The Morgan fingerprint density at radius 3 is 2.68 bits per heavy atom. The molecule has 0 aliphatic carbocycles. The van der Waals surface area contributed by atoms with Gasteiger partial charge in [0.2, 0.25) is 5.82 Å². The lowest BCUT2D eigenvalue weighted by Crippen LogP contribution is -2.37. The molecule has 0 saturated carbocycles. The van der Waals surface area contributed by atoms with E-state index in [2.05, 4.69) is 25.4 Å². The lowest BCUT2D eigenvalue weighted by atomic mass is 10.1. The molecule has 22 heavy (non-hydrogen) atoms. The predicted octanol–water partition coefficient (Wildman–Crippen LogP) is 2.02. The third-order valence-corrected chi connectivity index (χ3v) is 4.17. The quantitative estimate of drug-likeness (QED) is 0.884. The largest absolute Gasteiger partial charge is 0.347 e. The fraction of sp³-hybridized carbons (Fsp3) is 0.400. The minimum Gasteiger partial charge on any atom is -0.347 e. The molecule has 3 rings (SSSR count). The number of amides is 1. The standard InChI is InChI=1S/C15H18ClN5O/c16-12-5-3-11(4-6-12)13(21-7-1-2-8-21)9-17-15(22)14-18-10-19-20-14/h3-6,10,13H,1-2,7-9H2,(H,17,22)(H,18,19,20)/t13-/m0/s1. The molecule has 0 radical (unpaired) electrons. The predicted molar refractivity (Wildman–Crippen MR) is 83.7 cm³/mol. The van der Waals surface area contributed by atoms with Crippen LogP contribution in [0.2, 0.25) is 5.02 Å². The van der Waals surface area contributed by atoms with Crippen LogP contribution in [0.1, 0.15) is 35.1 Å². The van der Waals surface area contributed by atoms with Gasteiger partial charge in [-0.3, -0.25) is 14.8 Å². The number of hydrogen-bond donors (Lipinski definition) is 2. The SMILES string of the molecule is O=C(NC[C@@H](c1ccc(Cl)cc1)N1CCCC1)c1ncn[nH]1. The summed E-state index contributed by atoms with van der Waals surface area (Å²) >= 11 is 5.97. The summed E-state index contributed by atoms with van der Waals surface area (Å²) in [4.78, 5) is 18.3. The Balaban J connectivity index is 1.71. The van der Waals surface area contributed by atoms with Crippen molar-refractivity contribution in [3.63, 3.8) is 0 Å². The van der Waals surface area contributed by atoms with Gasteiger partial charge in [0.05, 0.1) is 6.04 Å². The van der Waals surface area contributed by atoms with Gasteiger partial charge < -0.3 is 5.32 Å². The molecule has 2 N–H and O–H groups in total. The average Bonchev–Trinajstić information content (AvgIpc) is 3.22. The Bertz CT molecular complexity index is 607. The number of halogens is 1. The number of hydrogen-bond acceptors (Lipinski definition) is 4. The summed E-state index contributed by atoms with van der Waals surface area (Å²) < 4.78 is 0. The number of aromatic nitrogens is 3. The zero-order chi connectivity index (χ0) is 15.4. The fourth-order valence-corrected chi connectivity index (χ4v) is 2.91. The number of carbonyl (C=O) groups excluding carboxylic acids is 1. The van der Waals surface area contributed by atoms with Crippen LogP contribution in [0.3, 0.4) is 0 Å². The van der Waals surface area contributed by atoms with Crippen LogP contribution in [-0.2, 0) is 0 Å². The number of nitrogens with one attached hydrogen (secondary N) is 2. The van der Waals surface area contributed by atoms with Crippen LogP contribution < -0.4 is 5.32 Å². The van der Waals surface area contributed by atoms with Crippen molar-refractivity contribution >= 4 is 17.5 Å². The first-order valence-electron chi connectivity index (χ1n) is 7.37. The molecule has 2 aromatic rings. The third-order valence-electron chi connectivity index (χ3n) is 3.92. The number of benzene rings is 1. The molecule has 1 aromatic carbocycles. The van der Waals surface area contributed by atoms with Crippen LogP contribution in [0.4, 0.5) is 0 Å². The Morgan fingerprint density at radius 2 is 2.05 bits per heavy atom. The molecule has 1 amide bonds. The van der Waals surface area contributed by atoms with Gasteiger partial charge >= 0.3 is 0 Å². The maximum Gasteiger partial charge on any atom is 0.288 e. The molecule has 2 heterocycles. The third kappa shape index (κ3) is 3.45. The second-order valence-corrected chi connectivity index (χ2v) is 5.79. The van der Waals surface area contributed by atoms with Crippen LogP contribution in [0.25, 0.3) is 0 Å². The number of rotatable bonds is 5. The van der Waals surface area contributed by atoms with Gasteiger partial charge in [-0.15, -0.1) is 0 Å². The second-order valence-electron chi connectivity index (χ2n) is 5.35. The number of likely N-dealkylation sites (tertiary alicyclic amines) is 1. The van der Waals surface area contributed by atoms with E-state index in [4.69, 9.17) is 11.6 Å². The van der Waals surface area contributed by atoms with Gasteiger partial charge in [0.1, 0.15) is 6.33 Å². The molecule has 0 spiro atoms. The second kappa shape index (κ2) is 6.89. The maximum absolute atomic E-state index is 12.0. The molecule has 1 aromatic heterocycles. The number of nitrogens with zero attached hydrogens (tertiary/aromatic N) is 3. The highest BCUT2D eigenvalue weighted by Gasteiger charge is 2.24.